The van der Waals surface area contributed by atoms with E-state index in [2.05, 4.69) is 0 Å². The van der Waals surface area contributed by atoms with Crippen LogP contribution in [0.15, 0.2) is 54.6 Å². The molecule has 2 aromatic carbocycles. The number of fused-ring (bicyclic) bond motifs is 1. The highest BCUT2D eigenvalue weighted by molar-refractivity contribution is 5.99. The van der Waals surface area contributed by atoms with Crippen LogP contribution in [-0.4, -0.2) is 27.4 Å². The molecular weight excluding hydrogens is 365 g/mol. The first-order valence-electron chi connectivity index (χ1n) is 10.3. The SMILES string of the molecule is CC[C@H](O)C[C@H](O)/C=C/c1c(C2CC2)nc2ccccc2c1-c1ccc(F)cc1. The van der Waals surface area contributed by atoms with E-state index in [9.17, 15) is 14.6 Å². The molecule has 0 saturated heterocycles. The highest BCUT2D eigenvalue weighted by Gasteiger charge is 2.29. The summed E-state index contributed by atoms with van der Waals surface area (Å²) in [5, 5.41) is 21.2. The van der Waals surface area contributed by atoms with Crippen molar-refractivity contribution in [1.29, 1.82) is 0 Å². The maximum Gasteiger partial charge on any atom is 0.123 e. The van der Waals surface area contributed by atoms with Crippen LogP contribution in [0.25, 0.3) is 28.1 Å². The van der Waals surface area contributed by atoms with Crippen LogP contribution >= 0.6 is 0 Å². The number of para-hydroxylation sites is 1. The molecule has 0 radical (unpaired) electrons. The van der Waals surface area contributed by atoms with Gasteiger partial charge in [0.05, 0.1) is 23.4 Å². The predicted molar refractivity (Wildman–Crippen MR) is 115 cm³/mol. The Hall–Kier alpha value is -2.56. The van der Waals surface area contributed by atoms with Crippen LogP contribution in [0.4, 0.5) is 4.39 Å². The lowest BCUT2D eigenvalue weighted by Crippen LogP contribution is -2.14. The molecule has 4 rings (SSSR count). The van der Waals surface area contributed by atoms with Crippen molar-refractivity contribution in [3.63, 3.8) is 0 Å². The second-order valence-electron chi connectivity index (χ2n) is 7.81. The molecule has 29 heavy (non-hydrogen) atoms. The van der Waals surface area contributed by atoms with Gasteiger partial charge in [-0.2, -0.15) is 0 Å². The van der Waals surface area contributed by atoms with E-state index in [0.717, 1.165) is 46.1 Å². The van der Waals surface area contributed by atoms with Crippen LogP contribution < -0.4 is 0 Å². The number of halogens is 1. The number of aliphatic hydroxyl groups excluding tert-OH is 2. The third kappa shape index (κ3) is 4.39. The Morgan fingerprint density at radius 2 is 1.83 bits per heavy atom. The third-order valence-corrected chi connectivity index (χ3v) is 5.53. The average molecular weight is 391 g/mol. The van der Waals surface area contributed by atoms with E-state index in [1.165, 1.54) is 12.1 Å². The summed E-state index contributed by atoms with van der Waals surface area (Å²) in [6.07, 6.45) is 5.53. The minimum atomic E-state index is -0.732. The summed E-state index contributed by atoms with van der Waals surface area (Å²) in [4.78, 5) is 4.94. The molecule has 0 bridgehead atoms. The van der Waals surface area contributed by atoms with Gasteiger partial charge in [0.2, 0.25) is 0 Å². The van der Waals surface area contributed by atoms with E-state index < -0.39 is 12.2 Å². The fourth-order valence-electron chi connectivity index (χ4n) is 3.74. The zero-order valence-electron chi connectivity index (χ0n) is 16.6. The van der Waals surface area contributed by atoms with Gasteiger partial charge in [-0.05, 0) is 43.0 Å². The molecule has 4 heteroatoms. The van der Waals surface area contributed by atoms with Crippen molar-refractivity contribution >= 4 is 17.0 Å². The van der Waals surface area contributed by atoms with Gasteiger partial charge in [-0.1, -0.05) is 49.4 Å². The van der Waals surface area contributed by atoms with Crippen molar-refractivity contribution in [3.05, 3.63) is 71.7 Å². The van der Waals surface area contributed by atoms with Crippen molar-refractivity contribution in [3.8, 4) is 11.1 Å². The number of pyridine rings is 1. The Morgan fingerprint density at radius 3 is 2.52 bits per heavy atom. The molecule has 1 saturated carbocycles. The molecular formula is C25H26FNO2. The second kappa shape index (κ2) is 8.44. The monoisotopic (exact) mass is 391 g/mol. The van der Waals surface area contributed by atoms with Crippen molar-refractivity contribution in [1.82, 2.24) is 4.98 Å². The molecule has 1 aromatic heterocycles. The Kier molecular flexibility index (Phi) is 5.74. The summed E-state index contributed by atoms with van der Waals surface area (Å²) in [7, 11) is 0. The first-order valence-corrected chi connectivity index (χ1v) is 10.3. The summed E-state index contributed by atoms with van der Waals surface area (Å²) in [6.45, 7) is 1.90. The molecule has 1 aliphatic carbocycles. The summed E-state index contributed by atoms with van der Waals surface area (Å²) in [5.41, 5.74) is 4.87. The largest absolute Gasteiger partial charge is 0.393 e. The van der Waals surface area contributed by atoms with Gasteiger partial charge in [-0.25, -0.2) is 4.39 Å². The highest BCUT2D eigenvalue weighted by Crippen LogP contribution is 2.45. The molecule has 0 unspecified atom stereocenters. The van der Waals surface area contributed by atoms with Gasteiger partial charge in [0, 0.05) is 28.9 Å². The average Bonchev–Trinajstić information content (AvgIpc) is 3.57. The minimum absolute atomic E-state index is 0.268. The number of rotatable bonds is 7. The first kappa shape index (κ1) is 19.7. The van der Waals surface area contributed by atoms with Crippen LogP contribution in [-0.2, 0) is 0 Å². The fourth-order valence-corrected chi connectivity index (χ4v) is 3.74. The minimum Gasteiger partial charge on any atom is -0.393 e. The molecule has 3 aromatic rings. The maximum absolute atomic E-state index is 13.6. The van der Waals surface area contributed by atoms with Crippen LogP contribution in [0.2, 0.25) is 0 Å². The zero-order chi connectivity index (χ0) is 20.4. The Morgan fingerprint density at radius 1 is 1.10 bits per heavy atom. The smallest absolute Gasteiger partial charge is 0.123 e. The van der Waals surface area contributed by atoms with Gasteiger partial charge in [-0.15, -0.1) is 0 Å². The molecule has 2 atom stereocenters. The zero-order valence-corrected chi connectivity index (χ0v) is 16.6. The number of hydrogen-bond acceptors (Lipinski definition) is 3. The maximum atomic E-state index is 13.6. The van der Waals surface area contributed by atoms with Crippen molar-refractivity contribution in [2.45, 2.75) is 50.7 Å². The van der Waals surface area contributed by atoms with Crippen molar-refractivity contribution in [2.24, 2.45) is 0 Å². The van der Waals surface area contributed by atoms with Gasteiger partial charge in [-0.3, -0.25) is 4.98 Å². The number of nitrogens with zero attached hydrogens (tertiary/aromatic N) is 1. The van der Waals surface area contributed by atoms with Gasteiger partial charge < -0.3 is 10.2 Å². The van der Waals surface area contributed by atoms with Gasteiger partial charge in [0.25, 0.3) is 0 Å². The quantitative estimate of drug-likeness (QED) is 0.563. The van der Waals surface area contributed by atoms with Gasteiger partial charge >= 0.3 is 0 Å². The molecule has 0 amide bonds. The van der Waals surface area contributed by atoms with Crippen molar-refractivity contribution < 1.29 is 14.6 Å². The normalized spacial score (nSPS) is 16.4. The molecule has 2 N–H and O–H groups in total. The van der Waals surface area contributed by atoms with E-state index in [4.69, 9.17) is 4.98 Å². The molecule has 1 fully saturated rings. The second-order valence-corrected chi connectivity index (χ2v) is 7.81. The molecule has 1 heterocycles. The number of benzene rings is 2. The Bertz CT molecular complexity index is 1020. The van der Waals surface area contributed by atoms with E-state index in [1.807, 2.05) is 37.3 Å². The summed E-state index contributed by atoms with van der Waals surface area (Å²) < 4.78 is 13.6. The van der Waals surface area contributed by atoms with Crippen LogP contribution in [0, 0.1) is 5.82 Å². The topological polar surface area (TPSA) is 53.4 Å². The fraction of sp³-hybridized carbons (Fsp3) is 0.320. The van der Waals surface area contributed by atoms with Gasteiger partial charge in [0.15, 0.2) is 0 Å². The lowest BCUT2D eigenvalue weighted by atomic mass is 9.92. The van der Waals surface area contributed by atoms with E-state index in [0.29, 0.717) is 18.8 Å². The Balaban J connectivity index is 1.87. The molecule has 150 valence electrons. The van der Waals surface area contributed by atoms with Crippen molar-refractivity contribution in [2.75, 3.05) is 0 Å². The molecule has 0 aliphatic heterocycles. The lowest BCUT2D eigenvalue weighted by molar-refractivity contribution is 0.102. The van der Waals surface area contributed by atoms with Gasteiger partial charge in [0.1, 0.15) is 5.82 Å². The molecule has 3 nitrogen and oxygen atoms in total. The summed E-state index contributed by atoms with van der Waals surface area (Å²) in [5.74, 6) is 0.146. The highest BCUT2D eigenvalue weighted by atomic mass is 19.1. The number of aliphatic hydroxyl groups is 2. The van der Waals surface area contributed by atoms with Crippen LogP contribution in [0.1, 0.15) is 49.8 Å². The van der Waals surface area contributed by atoms with Crippen LogP contribution in [0.5, 0.6) is 0 Å². The standard InChI is InChI=1S/C25H26FNO2/c1-2-19(28)15-20(29)13-14-22-24(16-9-11-18(26)12-10-16)21-5-3-4-6-23(21)27-25(22)17-7-8-17/h3-6,9-14,17,19-20,28-29H,2,7-8,15H2,1H3/b14-13+/t19-,20+/m0/s1. The molecule has 1 aliphatic rings. The molecule has 0 spiro atoms. The predicted octanol–water partition coefficient (Wildman–Crippen LogP) is 5.45. The first-order chi connectivity index (χ1) is 14.1. The number of aromatic nitrogens is 1. The van der Waals surface area contributed by atoms with E-state index >= 15 is 0 Å². The van der Waals surface area contributed by atoms with E-state index in [1.54, 1.807) is 18.2 Å². The number of hydrogen-bond donors (Lipinski definition) is 2. The summed E-state index contributed by atoms with van der Waals surface area (Å²) >= 11 is 0. The van der Waals surface area contributed by atoms with Crippen LogP contribution in [0.3, 0.4) is 0 Å². The Labute approximate surface area is 170 Å². The lowest BCUT2D eigenvalue weighted by Gasteiger charge is -2.16. The summed E-state index contributed by atoms with van der Waals surface area (Å²) in [6, 6.07) is 14.5. The van der Waals surface area contributed by atoms with E-state index in [-0.39, 0.29) is 5.82 Å². The third-order valence-electron chi connectivity index (χ3n) is 5.53.